The van der Waals surface area contributed by atoms with Crippen molar-refractivity contribution in [3.8, 4) is 6.07 Å². The topological polar surface area (TPSA) is 76.4 Å². The van der Waals surface area contributed by atoms with Crippen LogP contribution >= 0.6 is 11.3 Å². The molecule has 2 N–H and O–H groups in total. The minimum Gasteiger partial charge on any atom is -0.389 e. The number of nitrogens with zero attached hydrogens (tertiary/aromatic N) is 2. The first-order valence-electron chi connectivity index (χ1n) is 8.63. The van der Waals surface area contributed by atoms with Crippen LogP contribution in [0.5, 0.6) is 0 Å². The highest BCUT2D eigenvalue weighted by Gasteiger charge is 2.23. The quantitative estimate of drug-likeness (QED) is 0.774. The zero-order chi connectivity index (χ0) is 17.7. The Morgan fingerprint density at radius 1 is 1.38 bits per heavy atom. The van der Waals surface area contributed by atoms with Gasteiger partial charge in [-0.2, -0.15) is 5.26 Å². The van der Waals surface area contributed by atoms with Crippen molar-refractivity contribution >= 4 is 22.2 Å². The molecule has 132 valence electrons. The second-order valence-electron chi connectivity index (χ2n) is 7.04. The molecule has 0 spiro atoms. The molecule has 0 aromatic carbocycles. The summed E-state index contributed by atoms with van der Waals surface area (Å²) in [5.41, 5.74) is 0.948. The first-order chi connectivity index (χ1) is 11.3. The van der Waals surface area contributed by atoms with Crippen LogP contribution in [-0.4, -0.2) is 41.1 Å². The van der Waals surface area contributed by atoms with E-state index in [9.17, 15) is 15.2 Å². The zero-order valence-electron chi connectivity index (χ0n) is 14.8. The predicted molar refractivity (Wildman–Crippen MR) is 97.3 cm³/mol. The largest absolute Gasteiger partial charge is 0.389 e. The number of aliphatic hydroxyl groups is 1. The van der Waals surface area contributed by atoms with E-state index in [1.807, 2.05) is 11.8 Å². The monoisotopic (exact) mass is 349 g/mol. The van der Waals surface area contributed by atoms with Gasteiger partial charge in [0.15, 0.2) is 0 Å². The number of thiophene rings is 1. The maximum Gasteiger partial charge on any atom is 0.239 e. The van der Waals surface area contributed by atoms with Crippen LogP contribution in [0, 0.1) is 11.3 Å². The van der Waals surface area contributed by atoms with Gasteiger partial charge in [0, 0.05) is 11.4 Å². The second-order valence-corrected chi connectivity index (χ2v) is 8.15. The Hall–Kier alpha value is -1.42. The van der Waals surface area contributed by atoms with Crippen molar-refractivity contribution in [1.82, 2.24) is 4.90 Å². The number of aryl methyl sites for hydroxylation is 1. The molecule has 1 aromatic heterocycles. The molecule has 24 heavy (non-hydrogen) atoms. The van der Waals surface area contributed by atoms with Gasteiger partial charge in [-0.15, -0.1) is 11.3 Å². The van der Waals surface area contributed by atoms with Crippen molar-refractivity contribution in [2.45, 2.75) is 58.5 Å². The fraction of sp³-hybridized carbons (Fsp3) is 0.667. The number of likely N-dealkylation sites (N-methyl/N-ethyl adjacent to an activating group) is 1. The van der Waals surface area contributed by atoms with Gasteiger partial charge in [0.2, 0.25) is 5.91 Å². The summed E-state index contributed by atoms with van der Waals surface area (Å²) >= 11 is 1.55. The highest BCUT2D eigenvalue weighted by molar-refractivity contribution is 7.16. The van der Waals surface area contributed by atoms with Gasteiger partial charge >= 0.3 is 0 Å². The smallest absolute Gasteiger partial charge is 0.239 e. The molecular weight excluding hydrogens is 322 g/mol. The van der Waals surface area contributed by atoms with Crippen LogP contribution in [-0.2, 0) is 17.6 Å². The molecule has 1 aliphatic rings. The lowest BCUT2D eigenvalue weighted by atomic mass is 10.1. The second kappa shape index (κ2) is 8.11. The molecule has 2 rings (SSSR count). The fourth-order valence-electron chi connectivity index (χ4n) is 3.14. The van der Waals surface area contributed by atoms with Gasteiger partial charge in [0.05, 0.1) is 17.7 Å². The number of amides is 1. The lowest BCUT2D eigenvalue weighted by Gasteiger charge is -2.27. The lowest BCUT2D eigenvalue weighted by molar-refractivity contribution is -0.117. The number of carbonyl (C=O) groups excluding carboxylic acids is 1. The molecule has 5 nitrogen and oxygen atoms in total. The van der Waals surface area contributed by atoms with Gasteiger partial charge in [0.1, 0.15) is 11.1 Å². The Labute approximate surface area is 148 Å². The van der Waals surface area contributed by atoms with E-state index in [0.29, 0.717) is 23.7 Å². The van der Waals surface area contributed by atoms with E-state index in [1.54, 1.807) is 25.2 Å². The van der Waals surface area contributed by atoms with Crippen molar-refractivity contribution < 1.29 is 9.90 Å². The van der Waals surface area contributed by atoms with E-state index in [0.717, 1.165) is 31.2 Å². The molecule has 1 aromatic rings. The molecule has 0 unspecified atom stereocenters. The first kappa shape index (κ1) is 18.9. The van der Waals surface area contributed by atoms with Crippen molar-refractivity contribution in [3.05, 3.63) is 16.0 Å². The van der Waals surface area contributed by atoms with E-state index in [4.69, 9.17) is 0 Å². The number of fused-ring (bicyclic) bond motifs is 1. The normalized spacial score (nSPS) is 14.8. The highest BCUT2D eigenvalue weighted by atomic mass is 32.1. The predicted octanol–water partition coefficient (Wildman–Crippen LogP) is 2.92. The third-order valence-corrected chi connectivity index (χ3v) is 5.42. The van der Waals surface area contributed by atoms with Crippen molar-refractivity contribution in [3.63, 3.8) is 0 Å². The summed E-state index contributed by atoms with van der Waals surface area (Å²) < 4.78 is 0. The van der Waals surface area contributed by atoms with Crippen LogP contribution in [0.1, 0.15) is 56.0 Å². The van der Waals surface area contributed by atoms with Gasteiger partial charge in [0.25, 0.3) is 0 Å². The Kier molecular flexibility index (Phi) is 6.39. The summed E-state index contributed by atoms with van der Waals surface area (Å²) in [4.78, 5) is 15.5. The molecule has 1 heterocycles. The number of anilines is 1. The molecule has 0 aliphatic heterocycles. The summed E-state index contributed by atoms with van der Waals surface area (Å²) in [6, 6.07) is 2.28. The molecule has 0 saturated heterocycles. The number of rotatable bonds is 6. The Morgan fingerprint density at radius 3 is 2.71 bits per heavy atom. The van der Waals surface area contributed by atoms with E-state index in [1.165, 1.54) is 11.3 Å². The molecule has 0 bridgehead atoms. The van der Waals surface area contributed by atoms with Crippen LogP contribution in [0.25, 0.3) is 0 Å². The lowest BCUT2D eigenvalue weighted by Crippen LogP contribution is -2.42. The Bertz CT molecular complexity index is 625. The summed E-state index contributed by atoms with van der Waals surface area (Å²) in [7, 11) is 0. The highest BCUT2D eigenvalue weighted by Crippen LogP contribution is 2.36. The van der Waals surface area contributed by atoms with Crippen molar-refractivity contribution in [1.29, 1.82) is 5.26 Å². The molecule has 0 saturated carbocycles. The third kappa shape index (κ3) is 5.04. The van der Waals surface area contributed by atoms with Crippen molar-refractivity contribution in [2.24, 2.45) is 0 Å². The third-order valence-electron chi connectivity index (χ3n) is 4.21. The first-order valence-corrected chi connectivity index (χ1v) is 9.45. The molecule has 0 radical (unpaired) electrons. The maximum absolute atomic E-state index is 12.4. The standard InChI is InChI=1S/C18H27N3O2S/c1-4-21(12-18(2,3)23)11-16(22)20-17-14(10-19)13-8-6-5-7-9-15(13)24-17/h23H,4-9,11-12H2,1-3H3,(H,20,22). The van der Waals surface area contributed by atoms with Gasteiger partial charge in [-0.25, -0.2) is 0 Å². The van der Waals surface area contributed by atoms with Crippen LogP contribution in [0.3, 0.4) is 0 Å². The average molecular weight is 350 g/mol. The number of nitriles is 1. The van der Waals surface area contributed by atoms with E-state index in [2.05, 4.69) is 11.4 Å². The Balaban J connectivity index is 2.08. The maximum atomic E-state index is 12.4. The van der Waals surface area contributed by atoms with Gasteiger partial charge < -0.3 is 10.4 Å². The summed E-state index contributed by atoms with van der Waals surface area (Å²) in [5, 5.41) is 23.0. The van der Waals surface area contributed by atoms with Crippen LogP contribution in [0.4, 0.5) is 5.00 Å². The van der Waals surface area contributed by atoms with Crippen LogP contribution in [0.15, 0.2) is 0 Å². The molecule has 6 heteroatoms. The SMILES string of the molecule is CCN(CC(=O)Nc1sc2c(c1C#N)CCCCC2)CC(C)(C)O. The van der Waals surface area contributed by atoms with E-state index in [-0.39, 0.29) is 12.5 Å². The van der Waals surface area contributed by atoms with Gasteiger partial charge in [-0.1, -0.05) is 13.3 Å². The zero-order valence-corrected chi connectivity index (χ0v) is 15.6. The van der Waals surface area contributed by atoms with Gasteiger partial charge in [-0.3, -0.25) is 9.69 Å². The summed E-state index contributed by atoms with van der Waals surface area (Å²) in [5.74, 6) is -0.131. The van der Waals surface area contributed by atoms with E-state index < -0.39 is 5.60 Å². The average Bonchev–Trinajstić information content (AvgIpc) is 2.66. The van der Waals surface area contributed by atoms with Crippen LogP contribution < -0.4 is 5.32 Å². The molecule has 0 atom stereocenters. The fourth-order valence-corrected chi connectivity index (χ4v) is 4.40. The molecular formula is C18H27N3O2S. The summed E-state index contributed by atoms with van der Waals surface area (Å²) in [6.07, 6.45) is 5.41. The Morgan fingerprint density at radius 2 is 2.08 bits per heavy atom. The number of hydrogen-bond acceptors (Lipinski definition) is 5. The van der Waals surface area contributed by atoms with E-state index >= 15 is 0 Å². The number of hydrogen-bond donors (Lipinski definition) is 2. The molecule has 1 aliphatic carbocycles. The van der Waals surface area contributed by atoms with Gasteiger partial charge in [-0.05, 0) is 51.6 Å². The minimum atomic E-state index is -0.839. The minimum absolute atomic E-state index is 0.131. The summed E-state index contributed by atoms with van der Waals surface area (Å²) in [6.45, 7) is 6.77. The van der Waals surface area contributed by atoms with Crippen molar-refractivity contribution in [2.75, 3.05) is 25.0 Å². The number of carbonyl (C=O) groups is 1. The van der Waals surface area contributed by atoms with Crippen LogP contribution in [0.2, 0.25) is 0 Å². The molecule has 1 amide bonds. The molecule has 0 fully saturated rings. The number of nitrogens with one attached hydrogen (secondary N) is 1.